The van der Waals surface area contributed by atoms with Crippen molar-refractivity contribution in [3.63, 3.8) is 0 Å². The first kappa shape index (κ1) is 25.7. The molecule has 2 heterocycles. The molecule has 1 unspecified atom stereocenters. The number of carboxylic acids is 1. The average Bonchev–Trinajstić information content (AvgIpc) is 3.26. The van der Waals surface area contributed by atoms with Crippen LogP contribution in [0.25, 0.3) is 0 Å². The minimum absolute atomic E-state index is 0.0643. The fraction of sp³-hybridized carbons (Fsp3) is 0.333. The molecule has 1 spiro atoms. The lowest BCUT2D eigenvalue weighted by Crippen LogP contribution is -2.64. The number of piperazine rings is 1. The van der Waals surface area contributed by atoms with E-state index in [0.717, 1.165) is 12.1 Å². The first-order chi connectivity index (χ1) is 16.5. The van der Waals surface area contributed by atoms with E-state index >= 15 is 0 Å². The van der Waals surface area contributed by atoms with E-state index in [9.17, 15) is 22.8 Å². The molecule has 0 aliphatic carbocycles. The van der Waals surface area contributed by atoms with Gasteiger partial charge in [0, 0.05) is 30.9 Å². The Morgan fingerprint density at radius 1 is 1.09 bits per heavy atom. The summed E-state index contributed by atoms with van der Waals surface area (Å²) in [5.41, 5.74) is 1.65. The van der Waals surface area contributed by atoms with E-state index in [4.69, 9.17) is 15.2 Å². The zero-order valence-electron chi connectivity index (χ0n) is 18.8. The molecule has 0 radical (unpaired) electrons. The third-order valence-electron chi connectivity index (χ3n) is 6.10. The molecule has 1 atom stereocenters. The average molecular weight is 488 g/mol. The molecule has 2 aliphatic rings. The number of anilines is 1. The number of likely N-dealkylation sites (N-methyl/N-ethyl adjacent to an activating group) is 1. The van der Waals surface area contributed by atoms with Gasteiger partial charge in [-0.15, -0.1) is 0 Å². The van der Waals surface area contributed by atoms with Gasteiger partial charge in [0.25, 0.3) is 5.91 Å². The van der Waals surface area contributed by atoms with Crippen LogP contribution in [0, 0.1) is 11.3 Å². The molecule has 2 aromatic rings. The second-order valence-corrected chi connectivity index (χ2v) is 8.37. The Kier molecular flexibility index (Phi) is 7.45. The van der Waals surface area contributed by atoms with Crippen molar-refractivity contribution in [3.05, 3.63) is 65.7 Å². The Balaban J connectivity index is 0.000000429. The third kappa shape index (κ3) is 5.78. The number of rotatable bonds is 2. The standard InChI is InChI=1S/C22H22N4O2.C2HF3O2/c1-24-14-20(27)26(19-8-3-2-4-9-19)16-22(24)10-11-25(15-22)21(28)18-7-5-6-17(12-18)13-23;3-2(4,5)1(6)7/h2-9,12H,10-11,14-16H2,1H3;(H,6,7). The van der Waals surface area contributed by atoms with Gasteiger partial charge >= 0.3 is 12.1 Å². The van der Waals surface area contributed by atoms with Crippen LogP contribution in [0.4, 0.5) is 18.9 Å². The Bertz CT molecular complexity index is 1150. The SMILES string of the molecule is CN1CC(=O)N(c2ccccc2)CC12CCN(C(=O)c1cccc(C#N)c1)C2.O=C(O)C(F)(F)F. The minimum Gasteiger partial charge on any atom is -0.475 e. The van der Waals surface area contributed by atoms with Gasteiger partial charge in [-0.1, -0.05) is 24.3 Å². The van der Waals surface area contributed by atoms with Gasteiger partial charge in [-0.3, -0.25) is 14.5 Å². The number of hydrogen-bond acceptors (Lipinski definition) is 5. The predicted octanol–water partition coefficient (Wildman–Crippen LogP) is 2.75. The van der Waals surface area contributed by atoms with Crippen molar-refractivity contribution in [2.75, 3.05) is 38.1 Å². The molecule has 2 amide bonds. The number of halogens is 3. The highest BCUT2D eigenvalue weighted by Gasteiger charge is 2.48. The lowest BCUT2D eigenvalue weighted by molar-refractivity contribution is -0.192. The van der Waals surface area contributed by atoms with Crippen molar-refractivity contribution in [2.45, 2.75) is 18.1 Å². The van der Waals surface area contributed by atoms with Gasteiger partial charge in [0.05, 0.1) is 23.7 Å². The smallest absolute Gasteiger partial charge is 0.475 e. The highest BCUT2D eigenvalue weighted by Crippen LogP contribution is 2.34. The van der Waals surface area contributed by atoms with Gasteiger partial charge in [0.15, 0.2) is 0 Å². The molecule has 2 saturated heterocycles. The van der Waals surface area contributed by atoms with Crippen LogP contribution in [0.3, 0.4) is 0 Å². The van der Waals surface area contributed by atoms with Gasteiger partial charge in [-0.2, -0.15) is 18.4 Å². The topological polar surface area (TPSA) is 105 Å². The molecule has 184 valence electrons. The van der Waals surface area contributed by atoms with E-state index in [-0.39, 0.29) is 17.4 Å². The first-order valence-electron chi connectivity index (χ1n) is 10.6. The molecule has 0 bridgehead atoms. The summed E-state index contributed by atoms with van der Waals surface area (Å²) >= 11 is 0. The second-order valence-electron chi connectivity index (χ2n) is 8.37. The monoisotopic (exact) mass is 488 g/mol. The molecule has 2 aromatic carbocycles. The number of likely N-dealkylation sites (tertiary alicyclic amines) is 1. The van der Waals surface area contributed by atoms with Crippen LogP contribution in [0.1, 0.15) is 22.3 Å². The molecule has 0 saturated carbocycles. The fourth-order valence-electron chi connectivity index (χ4n) is 4.18. The van der Waals surface area contributed by atoms with E-state index < -0.39 is 12.1 Å². The highest BCUT2D eigenvalue weighted by atomic mass is 19.4. The molecule has 2 aliphatic heterocycles. The number of carbonyl (C=O) groups is 3. The molecule has 2 fully saturated rings. The van der Waals surface area contributed by atoms with E-state index in [1.807, 2.05) is 47.2 Å². The van der Waals surface area contributed by atoms with Gasteiger partial charge in [-0.05, 0) is 43.8 Å². The quantitative estimate of drug-likeness (QED) is 0.697. The van der Waals surface area contributed by atoms with Crippen LogP contribution in [0.5, 0.6) is 0 Å². The number of nitrogens with zero attached hydrogens (tertiary/aromatic N) is 4. The summed E-state index contributed by atoms with van der Waals surface area (Å²) < 4.78 is 31.7. The molecular weight excluding hydrogens is 465 g/mol. The van der Waals surface area contributed by atoms with E-state index in [1.54, 1.807) is 24.3 Å². The van der Waals surface area contributed by atoms with Crippen LogP contribution in [0.2, 0.25) is 0 Å². The molecule has 4 rings (SSSR count). The Morgan fingerprint density at radius 3 is 2.34 bits per heavy atom. The van der Waals surface area contributed by atoms with Crippen LogP contribution in [-0.2, 0) is 9.59 Å². The van der Waals surface area contributed by atoms with E-state index in [2.05, 4.69) is 11.0 Å². The number of para-hydroxylation sites is 1. The lowest BCUT2D eigenvalue weighted by atomic mass is 9.92. The number of carboxylic acid groups (broad SMARTS) is 1. The number of aliphatic carboxylic acids is 1. The Morgan fingerprint density at radius 2 is 1.74 bits per heavy atom. The van der Waals surface area contributed by atoms with Crippen LogP contribution < -0.4 is 4.90 Å². The number of amides is 2. The number of alkyl halides is 3. The summed E-state index contributed by atoms with van der Waals surface area (Å²) in [6.45, 7) is 2.10. The van der Waals surface area contributed by atoms with Crippen molar-refractivity contribution >= 4 is 23.5 Å². The zero-order valence-corrected chi connectivity index (χ0v) is 18.8. The summed E-state index contributed by atoms with van der Waals surface area (Å²) in [5.74, 6) is -2.75. The van der Waals surface area contributed by atoms with Crippen LogP contribution in [-0.4, -0.2) is 77.6 Å². The van der Waals surface area contributed by atoms with E-state index in [1.165, 1.54) is 0 Å². The summed E-state index contributed by atoms with van der Waals surface area (Å²) in [6, 6.07) is 18.6. The summed E-state index contributed by atoms with van der Waals surface area (Å²) in [7, 11) is 1.96. The fourth-order valence-corrected chi connectivity index (χ4v) is 4.18. The molecule has 0 aromatic heterocycles. The van der Waals surface area contributed by atoms with Gasteiger partial charge in [0.1, 0.15) is 0 Å². The largest absolute Gasteiger partial charge is 0.490 e. The Hall–Kier alpha value is -3.91. The molecule has 1 N–H and O–H groups in total. The maximum Gasteiger partial charge on any atom is 0.490 e. The maximum absolute atomic E-state index is 13.0. The number of benzene rings is 2. The van der Waals surface area contributed by atoms with Gasteiger partial charge in [-0.25, -0.2) is 4.79 Å². The second kappa shape index (κ2) is 10.1. The Labute approximate surface area is 199 Å². The van der Waals surface area contributed by atoms with Gasteiger partial charge < -0.3 is 14.9 Å². The normalized spacial score (nSPS) is 20.3. The third-order valence-corrected chi connectivity index (χ3v) is 6.10. The summed E-state index contributed by atoms with van der Waals surface area (Å²) in [5, 5.41) is 16.2. The number of nitriles is 1. The summed E-state index contributed by atoms with van der Waals surface area (Å²) in [4.78, 5) is 40.3. The molecule has 8 nitrogen and oxygen atoms in total. The molecule has 35 heavy (non-hydrogen) atoms. The summed E-state index contributed by atoms with van der Waals surface area (Å²) in [6.07, 6.45) is -4.27. The van der Waals surface area contributed by atoms with Crippen molar-refractivity contribution < 1.29 is 32.7 Å². The van der Waals surface area contributed by atoms with Crippen molar-refractivity contribution in [3.8, 4) is 6.07 Å². The van der Waals surface area contributed by atoms with Crippen molar-refractivity contribution in [2.24, 2.45) is 0 Å². The van der Waals surface area contributed by atoms with Crippen LogP contribution >= 0.6 is 0 Å². The zero-order chi connectivity index (χ0) is 25.8. The molecular formula is C24H23F3N4O4. The molecule has 11 heteroatoms. The van der Waals surface area contributed by atoms with Crippen LogP contribution in [0.15, 0.2) is 54.6 Å². The van der Waals surface area contributed by atoms with Crippen molar-refractivity contribution in [1.29, 1.82) is 5.26 Å². The van der Waals surface area contributed by atoms with Crippen molar-refractivity contribution in [1.82, 2.24) is 9.80 Å². The predicted molar refractivity (Wildman–Crippen MR) is 120 cm³/mol. The first-order valence-corrected chi connectivity index (χ1v) is 10.6. The van der Waals surface area contributed by atoms with E-state index in [0.29, 0.717) is 37.3 Å². The minimum atomic E-state index is -5.08. The highest BCUT2D eigenvalue weighted by molar-refractivity contribution is 5.97. The number of hydrogen-bond donors (Lipinski definition) is 1. The lowest BCUT2D eigenvalue weighted by Gasteiger charge is -2.46. The van der Waals surface area contributed by atoms with Gasteiger partial charge in [0.2, 0.25) is 5.91 Å². The number of carbonyl (C=O) groups excluding carboxylic acids is 2. The maximum atomic E-state index is 13.0.